The van der Waals surface area contributed by atoms with Gasteiger partial charge in [-0.15, -0.1) is 0 Å². The maximum atomic E-state index is 12.8. The number of carbonyl (C=O) groups is 1. The summed E-state index contributed by atoms with van der Waals surface area (Å²) >= 11 is 0. The van der Waals surface area contributed by atoms with Gasteiger partial charge in [-0.25, -0.2) is 8.42 Å². The minimum atomic E-state index is -4.26. The molecule has 1 fully saturated rings. The normalized spacial score (nSPS) is 19.9. The molecule has 8 nitrogen and oxygen atoms in total. The van der Waals surface area contributed by atoms with Crippen LogP contribution in [0.25, 0.3) is 0 Å². The lowest BCUT2D eigenvalue weighted by atomic mass is 9.98. The number of sulfonamides is 1. The predicted molar refractivity (Wildman–Crippen MR) is 112 cm³/mol. The topological polar surface area (TPSA) is 107 Å². The number of benzene rings is 2. The molecule has 31 heavy (non-hydrogen) atoms. The smallest absolute Gasteiger partial charge is 0.339 e. The van der Waals surface area contributed by atoms with Gasteiger partial charge in [-0.05, 0) is 54.3 Å². The zero-order chi connectivity index (χ0) is 22.4. The highest BCUT2D eigenvalue weighted by molar-refractivity contribution is 7.89. The van der Waals surface area contributed by atoms with Gasteiger partial charge in [0.1, 0.15) is 4.90 Å². The molecule has 0 aromatic heterocycles. The average molecular weight is 466 g/mol. The first-order valence-corrected chi connectivity index (χ1v) is 12.8. The second-order valence-electron chi connectivity index (χ2n) is 7.72. The zero-order valence-corrected chi connectivity index (χ0v) is 18.8. The number of nitrogens with zero attached hydrogens (tertiary/aromatic N) is 1. The van der Waals surface area contributed by atoms with E-state index in [9.17, 15) is 21.6 Å². The highest BCUT2D eigenvalue weighted by Crippen LogP contribution is 2.41. The number of aryl methyl sites for hydroxylation is 1. The van der Waals surface area contributed by atoms with Gasteiger partial charge in [-0.1, -0.05) is 13.0 Å². The van der Waals surface area contributed by atoms with Crippen molar-refractivity contribution >= 4 is 25.9 Å². The SMILES string of the molecule is Cc1ccc(OS(=O)(=O)c2ccc(S(=O)(=O)N3CCOCC3)cc2)c2c1C(C)CC2=O. The summed E-state index contributed by atoms with van der Waals surface area (Å²) in [6.07, 6.45) is 0.310. The highest BCUT2D eigenvalue weighted by Gasteiger charge is 2.33. The summed E-state index contributed by atoms with van der Waals surface area (Å²) in [5.41, 5.74) is 2.03. The number of Topliss-reactive ketones (excluding diaryl/α,β-unsaturated/α-hetero) is 1. The molecular formula is C21H23NO7S2. The second-order valence-corrected chi connectivity index (χ2v) is 11.2. The van der Waals surface area contributed by atoms with E-state index in [1.165, 1.54) is 34.6 Å². The molecule has 0 amide bonds. The first-order chi connectivity index (χ1) is 14.6. The fourth-order valence-corrected chi connectivity index (χ4v) is 6.41. The van der Waals surface area contributed by atoms with Crippen LogP contribution < -0.4 is 4.18 Å². The van der Waals surface area contributed by atoms with Crippen molar-refractivity contribution < 1.29 is 30.6 Å². The van der Waals surface area contributed by atoms with Crippen molar-refractivity contribution in [2.75, 3.05) is 26.3 Å². The maximum absolute atomic E-state index is 12.8. The standard InChI is InChI=1S/C21H23NO7S2/c1-14-3-8-19(21-18(23)13-15(2)20(14)21)29-31(26,27)17-6-4-16(5-7-17)30(24,25)22-9-11-28-12-10-22/h3-8,15H,9-13H2,1-2H3. The maximum Gasteiger partial charge on any atom is 0.339 e. The molecule has 166 valence electrons. The third-order valence-electron chi connectivity index (χ3n) is 5.61. The van der Waals surface area contributed by atoms with Crippen molar-refractivity contribution in [2.45, 2.75) is 36.0 Å². The first kappa shape index (κ1) is 21.9. The number of fused-ring (bicyclic) bond motifs is 1. The van der Waals surface area contributed by atoms with Crippen LogP contribution in [0.4, 0.5) is 0 Å². The molecule has 10 heteroatoms. The van der Waals surface area contributed by atoms with E-state index in [2.05, 4.69) is 0 Å². The number of ether oxygens (including phenoxy) is 1. The Bertz CT molecular complexity index is 1230. The number of rotatable bonds is 5. The Labute approximate surface area is 182 Å². The van der Waals surface area contributed by atoms with Crippen LogP contribution in [-0.2, 0) is 24.9 Å². The summed E-state index contributed by atoms with van der Waals surface area (Å²) in [5.74, 6) is -0.151. The number of hydrogen-bond donors (Lipinski definition) is 0. The summed E-state index contributed by atoms with van der Waals surface area (Å²) in [5, 5.41) is 0. The van der Waals surface area contributed by atoms with Gasteiger partial charge in [-0.2, -0.15) is 12.7 Å². The van der Waals surface area contributed by atoms with Gasteiger partial charge in [0.05, 0.1) is 23.7 Å². The van der Waals surface area contributed by atoms with Crippen LogP contribution in [0.2, 0.25) is 0 Å². The van der Waals surface area contributed by atoms with Crippen LogP contribution in [0.15, 0.2) is 46.2 Å². The van der Waals surface area contributed by atoms with Crippen molar-refractivity contribution in [3.05, 3.63) is 53.1 Å². The van der Waals surface area contributed by atoms with Crippen LogP contribution in [0.3, 0.4) is 0 Å². The van der Waals surface area contributed by atoms with E-state index in [-0.39, 0.29) is 40.3 Å². The third-order valence-corrected chi connectivity index (χ3v) is 8.77. The van der Waals surface area contributed by atoms with Gasteiger partial charge >= 0.3 is 10.1 Å². The first-order valence-electron chi connectivity index (χ1n) is 9.90. The largest absolute Gasteiger partial charge is 0.379 e. The van der Waals surface area contributed by atoms with E-state index in [0.29, 0.717) is 25.2 Å². The Morgan fingerprint density at radius 2 is 1.58 bits per heavy atom. The summed E-state index contributed by atoms with van der Waals surface area (Å²) in [4.78, 5) is 12.2. The number of ketones is 1. The molecule has 1 unspecified atom stereocenters. The molecule has 2 aromatic carbocycles. The van der Waals surface area contributed by atoms with Crippen LogP contribution in [0.5, 0.6) is 5.75 Å². The Balaban J connectivity index is 1.62. The zero-order valence-electron chi connectivity index (χ0n) is 17.2. The summed E-state index contributed by atoms with van der Waals surface area (Å²) in [7, 11) is -7.99. The van der Waals surface area contributed by atoms with E-state index >= 15 is 0 Å². The van der Waals surface area contributed by atoms with Gasteiger partial charge in [0, 0.05) is 19.5 Å². The second kappa shape index (κ2) is 8.01. The van der Waals surface area contributed by atoms with Crippen LogP contribution in [0.1, 0.15) is 40.7 Å². The Morgan fingerprint density at radius 1 is 0.968 bits per heavy atom. The quantitative estimate of drug-likeness (QED) is 0.624. The molecule has 2 aliphatic rings. The van der Waals surface area contributed by atoms with Gasteiger partial charge in [-0.3, -0.25) is 4.79 Å². The molecule has 0 radical (unpaired) electrons. The summed E-state index contributed by atoms with van der Waals surface area (Å²) < 4.78 is 62.9. The molecule has 0 N–H and O–H groups in total. The van der Waals surface area contributed by atoms with Crippen molar-refractivity contribution in [1.82, 2.24) is 4.31 Å². The lowest BCUT2D eigenvalue weighted by Gasteiger charge is -2.26. The van der Waals surface area contributed by atoms with E-state index in [1.807, 2.05) is 13.8 Å². The van der Waals surface area contributed by atoms with Crippen LogP contribution in [-0.4, -0.2) is 53.2 Å². The van der Waals surface area contributed by atoms with Crippen molar-refractivity contribution in [1.29, 1.82) is 0 Å². The van der Waals surface area contributed by atoms with E-state index in [0.717, 1.165) is 11.1 Å². The molecular weight excluding hydrogens is 442 g/mol. The van der Waals surface area contributed by atoms with Gasteiger partial charge in [0.15, 0.2) is 11.5 Å². The van der Waals surface area contributed by atoms with E-state index in [1.54, 1.807) is 6.07 Å². The van der Waals surface area contributed by atoms with E-state index in [4.69, 9.17) is 8.92 Å². The monoisotopic (exact) mass is 465 g/mol. The molecule has 0 saturated carbocycles. The van der Waals surface area contributed by atoms with Crippen molar-refractivity contribution in [3.8, 4) is 5.75 Å². The molecule has 0 bridgehead atoms. The van der Waals surface area contributed by atoms with Gasteiger partial charge in [0.25, 0.3) is 0 Å². The Kier molecular flexibility index (Phi) is 5.67. The molecule has 2 aromatic rings. The average Bonchev–Trinajstić information content (AvgIpc) is 3.06. The lowest BCUT2D eigenvalue weighted by molar-refractivity contribution is 0.0730. The summed E-state index contributed by atoms with van der Waals surface area (Å²) in [6.45, 7) is 4.92. The molecule has 1 aliphatic carbocycles. The molecule has 1 aliphatic heterocycles. The fourth-order valence-electron chi connectivity index (χ4n) is 4.06. The Morgan fingerprint density at radius 3 is 2.23 bits per heavy atom. The molecule has 4 rings (SSSR count). The van der Waals surface area contributed by atoms with Crippen LogP contribution in [0, 0.1) is 6.92 Å². The van der Waals surface area contributed by atoms with Gasteiger partial charge in [0.2, 0.25) is 10.0 Å². The minimum absolute atomic E-state index is 0.0000326. The molecule has 0 spiro atoms. The fraction of sp³-hybridized carbons (Fsp3) is 0.381. The number of hydrogen-bond acceptors (Lipinski definition) is 7. The predicted octanol–water partition coefficient (Wildman–Crippen LogP) is 2.47. The molecule has 1 heterocycles. The third kappa shape index (κ3) is 4.00. The molecule has 1 saturated heterocycles. The Hall–Kier alpha value is -2.27. The highest BCUT2D eigenvalue weighted by atomic mass is 32.2. The van der Waals surface area contributed by atoms with Gasteiger partial charge < -0.3 is 8.92 Å². The van der Waals surface area contributed by atoms with Crippen molar-refractivity contribution in [2.24, 2.45) is 0 Å². The van der Waals surface area contributed by atoms with E-state index < -0.39 is 20.1 Å². The molecule has 1 atom stereocenters. The van der Waals surface area contributed by atoms with Crippen LogP contribution >= 0.6 is 0 Å². The number of carbonyl (C=O) groups excluding carboxylic acids is 1. The number of morpholine rings is 1. The van der Waals surface area contributed by atoms with Crippen molar-refractivity contribution in [3.63, 3.8) is 0 Å². The minimum Gasteiger partial charge on any atom is -0.379 e. The summed E-state index contributed by atoms with van der Waals surface area (Å²) in [6, 6.07) is 8.10. The lowest BCUT2D eigenvalue weighted by Crippen LogP contribution is -2.40.